The highest BCUT2D eigenvalue weighted by atomic mass is 35.5. The van der Waals surface area contributed by atoms with E-state index in [0.29, 0.717) is 28.3 Å². The number of halogens is 1. The predicted molar refractivity (Wildman–Crippen MR) is 141 cm³/mol. The molecule has 0 aromatic heterocycles. The minimum Gasteiger partial charge on any atom is -0.507 e. The fourth-order valence-corrected chi connectivity index (χ4v) is 4.55. The van der Waals surface area contributed by atoms with Crippen LogP contribution < -0.4 is 14.4 Å². The van der Waals surface area contributed by atoms with Gasteiger partial charge in [0.15, 0.2) is 0 Å². The number of aliphatic hydroxyl groups is 1. The van der Waals surface area contributed by atoms with Crippen LogP contribution in [0.1, 0.15) is 43.5 Å². The highest BCUT2D eigenvalue weighted by Crippen LogP contribution is 2.43. The fraction of sp³-hybridized carbons (Fsp3) is 0.241. The molecule has 1 aliphatic rings. The third kappa shape index (κ3) is 4.56. The molecule has 3 aromatic rings. The lowest BCUT2D eigenvalue weighted by atomic mass is 9.85. The number of benzene rings is 3. The van der Waals surface area contributed by atoms with Crippen LogP contribution in [-0.4, -0.2) is 31.0 Å². The van der Waals surface area contributed by atoms with Crippen LogP contribution in [0.5, 0.6) is 11.5 Å². The molecule has 1 aliphatic heterocycles. The average molecular weight is 506 g/mol. The summed E-state index contributed by atoms with van der Waals surface area (Å²) >= 11 is 6.28. The van der Waals surface area contributed by atoms with Crippen molar-refractivity contribution in [2.75, 3.05) is 19.1 Å². The van der Waals surface area contributed by atoms with Crippen molar-refractivity contribution in [3.05, 3.63) is 94.0 Å². The fourth-order valence-electron chi connectivity index (χ4n) is 4.29. The molecule has 1 amide bonds. The van der Waals surface area contributed by atoms with Crippen molar-refractivity contribution >= 4 is 34.7 Å². The topological polar surface area (TPSA) is 76.1 Å². The first-order valence-corrected chi connectivity index (χ1v) is 11.8. The smallest absolute Gasteiger partial charge is 0.300 e. The number of carbonyl (C=O) groups is 2. The third-order valence-corrected chi connectivity index (χ3v) is 6.61. The molecule has 4 rings (SSSR count). The predicted octanol–water partition coefficient (Wildman–Crippen LogP) is 6.28. The van der Waals surface area contributed by atoms with E-state index in [1.165, 1.54) is 18.1 Å². The molecule has 3 aromatic carbocycles. The molecular weight excluding hydrogens is 478 g/mol. The number of nitrogens with zero attached hydrogens (tertiary/aromatic N) is 1. The van der Waals surface area contributed by atoms with Gasteiger partial charge in [0.05, 0.1) is 30.9 Å². The van der Waals surface area contributed by atoms with Crippen LogP contribution in [-0.2, 0) is 15.0 Å². The lowest BCUT2D eigenvalue weighted by Crippen LogP contribution is -2.29. The van der Waals surface area contributed by atoms with Gasteiger partial charge in [0.25, 0.3) is 11.7 Å². The second-order valence-electron chi connectivity index (χ2n) is 9.59. The molecule has 1 saturated heterocycles. The molecule has 0 aliphatic carbocycles. The van der Waals surface area contributed by atoms with Crippen LogP contribution in [0.3, 0.4) is 0 Å². The lowest BCUT2D eigenvalue weighted by molar-refractivity contribution is -0.132. The molecule has 186 valence electrons. The molecular formula is C29H28ClNO5. The normalized spacial score (nSPS) is 17.4. The number of methoxy groups -OCH3 is 2. The third-order valence-electron chi connectivity index (χ3n) is 6.31. The van der Waals surface area contributed by atoms with Crippen molar-refractivity contribution in [3.63, 3.8) is 0 Å². The highest BCUT2D eigenvalue weighted by molar-refractivity contribution is 6.51. The Hall–Kier alpha value is -3.77. The molecule has 7 heteroatoms. The number of ketones is 1. The van der Waals surface area contributed by atoms with E-state index < -0.39 is 17.7 Å². The lowest BCUT2D eigenvalue weighted by Gasteiger charge is -2.26. The zero-order valence-corrected chi connectivity index (χ0v) is 21.6. The van der Waals surface area contributed by atoms with Gasteiger partial charge < -0.3 is 14.6 Å². The molecule has 1 fully saturated rings. The number of carbonyl (C=O) groups excluding carboxylic acids is 2. The summed E-state index contributed by atoms with van der Waals surface area (Å²) in [5.41, 5.74) is 2.53. The average Bonchev–Trinajstić information content (AvgIpc) is 3.13. The van der Waals surface area contributed by atoms with Gasteiger partial charge in [-0.2, -0.15) is 0 Å². The summed E-state index contributed by atoms with van der Waals surface area (Å²) in [5, 5.41) is 11.6. The van der Waals surface area contributed by atoms with Crippen molar-refractivity contribution in [2.45, 2.75) is 32.2 Å². The van der Waals surface area contributed by atoms with Gasteiger partial charge in [0.1, 0.15) is 17.3 Å². The van der Waals surface area contributed by atoms with Gasteiger partial charge in [-0.15, -0.1) is 0 Å². The van der Waals surface area contributed by atoms with E-state index >= 15 is 0 Å². The Morgan fingerprint density at radius 3 is 2.08 bits per heavy atom. The number of Topliss-reactive ketones (excluding diaryl/α,β-unsaturated/α-hetero) is 1. The van der Waals surface area contributed by atoms with E-state index in [1.807, 2.05) is 24.3 Å². The number of anilines is 1. The quantitative estimate of drug-likeness (QED) is 0.251. The summed E-state index contributed by atoms with van der Waals surface area (Å²) in [7, 11) is 3.04. The van der Waals surface area contributed by atoms with Gasteiger partial charge in [-0.05, 0) is 59.0 Å². The zero-order valence-electron chi connectivity index (χ0n) is 20.8. The van der Waals surface area contributed by atoms with E-state index in [1.54, 1.807) is 43.5 Å². The van der Waals surface area contributed by atoms with Crippen molar-refractivity contribution in [2.24, 2.45) is 0 Å². The number of amides is 1. The Morgan fingerprint density at radius 1 is 0.917 bits per heavy atom. The van der Waals surface area contributed by atoms with Crippen LogP contribution in [0.15, 0.2) is 72.3 Å². The Labute approximate surface area is 215 Å². The minimum atomic E-state index is -0.840. The van der Waals surface area contributed by atoms with E-state index in [9.17, 15) is 14.7 Å². The van der Waals surface area contributed by atoms with E-state index in [0.717, 1.165) is 5.56 Å². The van der Waals surface area contributed by atoms with Crippen LogP contribution in [0, 0.1) is 0 Å². The van der Waals surface area contributed by atoms with Gasteiger partial charge in [-0.25, -0.2) is 0 Å². The second-order valence-corrected chi connectivity index (χ2v) is 10.00. The van der Waals surface area contributed by atoms with Crippen LogP contribution in [0.2, 0.25) is 5.02 Å². The number of hydrogen-bond donors (Lipinski definition) is 1. The molecule has 1 unspecified atom stereocenters. The van der Waals surface area contributed by atoms with Gasteiger partial charge in [0.2, 0.25) is 0 Å². The first-order chi connectivity index (χ1) is 17.1. The maximum absolute atomic E-state index is 13.4. The molecule has 1 N–H and O–H groups in total. The number of aliphatic hydroxyl groups excluding tert-OH is 1. The first kappa shape index (κ1) is 25.3. The molecule has 0 spiro atoms. The van der Waals surface area contributed by atoms with Crippen LogP contribution in [0.25, 0.3) is 5.76 Å². The molecule has 1 atom stereocenters. The molecule has 1 heterocycles. The van der Waals surface area contributed by atoms with E-state index in [2.05, 4.69) is 20.8 Å². The summed E-state index contributed by atoms with van der Waals surface area (Å²) in [5.74, 6) is -0.763. The molecule has 0 saturated carbocycles. The monoisotopic (exact) mass is 505 g/mol. The zero-order chi connectivity index (χ0) is 26.2. The summed E-state index contributed by atoms with van der Waals surface area (Å²) in [6, 6.07) is 18.5. The van der Waals surface area contributed by atoms with Gasteiger partial charge >= 0.3 is 0 Å². The van der Waals surface area contributed by atoms with Gasteiger partial charge in [0, 0.05) is 11.3 Å². The Balaban J connectivity index is 1.91. The van der Waals surface area contributed by atoms with Crippen molar-refractivity contribution < 1.29 is 24.2 Å². The largest absolute Gasteiger partial charge is 0.507 e. The van der Waals surface area contributed by atoms with Crippen molar-refractivity contribution in [1.29, 1.82) is 0 Å². The summed E-state index contributed by atoms with van der Waals surface area (Å²) in [6.45, 7) is 6.33. The molecule has 6 nitrogen and oxygen atoms in total. The van der Waals surface area contributed by atoms with E-state index in [4.69, 9.17) is 21.1 Å². The standard InChI is InChI=1S/C29H28ClNO5/c1-29(2,3)19-9-6-17(7-10-19)25-24(26(32)18-8-15-23(36-5)22(30)16-18)27(33)28(34)31(25)20-11-13-21(35-4)14-12-20/h6-16,25,32H,1-5H3/b26-24-. The SMILES string of the molecule is COc1ccc(N2C(=O)C(=O)/C(=C(\O)c3ccc(OC)c(Cl)c3)C2c2ccc(C(C)(C)C)cc2)cc1. The molecule has 36 heavy (non-hydrogen) atoms. The Morgan fingerprint density at radius 2 is 1.56 bits per heavy atom. The van der Waals surface area contributed by atoms with E-state index in [-0.39, 0.29) is 21.8 Å². The maximum atomic E-state index is 13.4. The van der Waals surface area contributed by atoms with Crippen molar-refractivity contribution in [1.82, 2.24) is 0 Å². The van der Waals surface area contributed by atoms with Gasteiger partial charge in [-0.1, -0.05) is 56.6 Å². The van der Waals surface area contributed by atoms with Gasteiger partial charge in [-0.3, -0.25) is 14.5 Å². The Kier molecular flexibility index (Phi) is 6.83. The molecule has 0 radical (unpaired) electrons. The van der Waals surface area contributed by atoms with Crippen LogP contribution >= 0.6 is 11.6 Å². The first-order valence-electron chi connectivity index (χ1n) is 11.5. The number of ether oxygens (including phenoxy) is 2. The van der Waals surface area contributed by atoms with Crippen molar-refractivity contribution in [3.8, 4) is 11.5 Å². The number of rotatable bonds is 5. The highest BCUT2D eigenvalue weighted by Gasteiger charge is 2.47. The summed E-state index contributed by atoms with van der Waals surface area (Å²) in [6.07, 6.45) is 0. The second kappa shape index (κ2) is 9.70. The maximum Gasteiger partial charge on any atom is 0.300 e. The summed E-state index contributed by atoms with van der Waals surface area (Å²) in [4.78, 5) is 28.1. The number of hydrogen-bond acceptors (Lipinski definition) is 5. The van der Waals surface area contributed by atoms with Crippen LogP contribution in [0.4, 0.5) is 5.69 Å². The Bertz CT molecular complexity index is 1340. The molecule has 0 bridgehead atoms. The summed E-state index contributed by atoms with van der Waals surface area (Å²) < 4.78 is 10.4. The minimum absolute atomic E-state index is 0.0134.